The number of fused-ring (bicyclic) bond motifs is 21. The maximum absolute atomic E-state index is 5.77. The standard InChI is InChI=1S/C80H48N4/c1-7-19-68-58(13-1)59-14-2-8-20-69(59)79(68)72-23-11-5-17-62(72)64-35-33-55(47-74(64)79)57-45-66(56-34-36-65-63-18-6-12-24-73(63)80(75(65)48-56)70-21-9-3-15-60(70)61-16-4-10-22-71(61)80)77-67(46-57)76(53-29-25-49(26-30-53)51-37-41-81-42-38-51)83-78(84-77)54-31-27-50(28-32-54)52-39-43-82-44-40-52/h1-48H. The molecule has 2 spiro atoms. The summed E-state index contributed by atoms with van der Waals surface area (Å²) in [6, 6.07) is 99.3. The van der Waals surface area contributed by atoms with Crippen molar-refractivity contribution in [1.82, 2.24) is 19.9 Å². The van der Waals surface area contributed by atoms with Crippen LogP contribution in [0.4, 0.5) is 0 Å². The van der Waals surface area contributed by atoms with Gasteiger partial charge in [0.15, 0.2) is 5.82 Å². The van der Waals surface area contributed by atoms with Crippen LogP contribution < -0.4 is 0 Å². The predicted molar refractivity (Wildman–Crippen MR) is 340 cm³/mol. The summed E-state index contributed by atoms with van der Waals surface area (Å²) in [7, 11) is 0. The molecule has 14 aromatic rings. The van der Waals surface area contributed by atoms with E-state index in [1.54, 1.807) is 0 Å². The maximum atomic E-state index is 5.77. The van der Waals surface area contributed by atoms with Gasteiger partial charge in [-0.3, -0.25) is 9.97 Å². The Labute approximate surface area is 486 Å². The van der Waals surface area contributed by atoms with Crippen molar-refractivity contribution >= 4 is 10.9 Å². The third kappa shape index (κ3) is 6.42. The van der Waals surface area contributed by atoms with Crippen LogP contribution in [0.25, 0.3) is 123 Å². The van der Waals surface area contributed by atoms with E-state index in [9.17, 15) is 0 Å². The SMILES string of the molecule is c1ccc2c(c1)-c1ccccc1C21c2ccccc2-c2ccc(-c3cc(-c4ccc5c(c4)C4(c6ccccc6-c6ccccc64)c4ccccc4-5)c4nc(-c5ccc(-c6ccncc6)cc5)nc(-c5ccc(-c6ccncc6)cc5)c4c3)cc21. The minimum atomic E-state index is -0.530. The highest BCUT2D eigenvalue weighted by Crippen LogP contribution is 2.65. The van der Waals surface area contributed by atoms with Gasteiger partial charge < -0.3 is 0 Å². The van der Waals surface area contributed by atoms with Gasteiger partial charge in [-0.15, -0.1) is 0 Å². The van der Waals surface area contributed by atoms with Crippen LogP contribution >= 0.6 is 0 Å². The Kier molecular flexibility index (Phi) is 9.90. The second kappa shape index (κ2) is 17.8. The molecule has 11 aromatic carbocycles. The molecule has 0 unspecified atom stereocenters. The van der Waals surface area contributed by atoms with Crippen LogP contribution in [0, 0.1) is 0 Å². The van der Waals surface area contributed by atoms with Crippen LogP contribution in [0.15, 0.2) is 292 Å². The zero-order chi connectivity index (χ0) is 55.1. The van der Waals surface area contributed by atoms with Gasteiger partial charge in [0.25, 0.3) is 0 Å². The summed E-state index contributed by atoms with van der Waals surface area (Å²) >= 11 is 0. The molecular formula is C80H48N4. The summed E-state index contributed by atoms with van der Waals surface area (Å²) in [6.45, 7) is 0. The van der Waals surface area contributed by atoms with Crippen LogP contribution in [0.1, 0.15) is 44.5 Å². The quantitative estimate of drug-likeness (QED) is 0.167. The molecule has 0 radical (unpaired) electrons. The van der Waals surface area contributed by atoms with E-state index in [4.69, 9.17) is 9.97 Å². The molecule has 0 aliphatic heterocycles. The molecule has 4 heteroatoms. The summed E-state index contributed by atoms with van der Waals surface area (Å²) in [4.78, 5) is 20.0. The van der Waals surface area contributed by atoms with Crippen molar-refractivity contribution in [2.24, 2.45) is 0 Å². The second-order valence-electron chi connectivity index (χ2n) is 22.7. The Morgan fingerprint density at radius 3 is 0.976 bits per heavy atom. The lowest BCUT2D eigenvalue weighted by atomic mass is 9.70. The van der Waals surface area contributed by atoms with E-state index in [1.807, 2.05) is 36.9 Å². The summed E-state index contributed by atoms with van der Waals surface area (Å²) in [5, 5.41) is 0.974. The molecule has 4 aliphatic rings. The molecule has 388 valence electrons. The molecule has 0 amide bonds. The molecule has 3 aromatic heterocycles. The monoisotopic (exact) mass is 1060 g/mol. The maximum Gasteiger partial charge on any atom is 0.160 e. The number of nitrogens with zero attached hydrogens (tertiary/aromatic N) is 4. The largest absolute Gasteiger partial charge is 0.265 e. The van der Waals surface area contributed by atoms with E-state index in [1.165, 1.54) is 89.0 Å². The highest BCUT2D eigenvalue weighted by atomic mass is 14.9. The van der Waals surface area contributed by atoms with Gasteiger partial charge in [-0.25, -0.2) is 9.97 Å². The molecule has 0 saturated carbocycles. The molecule has 3 heterocycles. The molecule has 0 N–H and O–H groups in total. The van der Waals surface area contributed by atoms with Gasteiger partial charge in [0, 0.05) is 46.9 Å². The fraction of sp³-hybridized carbons (Fsp3) is 0.0250. The normalized spacial score (nSPS) is 13.7. The number of benzene rings is 11. The second-order valence-corrected chi connectivity index (χ2v) is 22.7. The van der Waals surface area contributed by atoms with Crippen molar-refractivity contribution in [2.45, 2.75) is 10.8 Å². The van der Waals surface area contributed by atoms with Crippen molar-refractivity contribution in [2.75, 3.05) is 0 Å². The third-order valence-electron chi connectivity index (χ3n) is 18.8. The van der Waals surface area contributed by atoms with Gasteiger partial charge >= 0.3 is 0 Å². The Morgan fingerprint density at radius 1 is 0.214 bits per heavy atom. The van der Waals surface area contributed by atoms with E-state index in [2.05, 4.69) is 265 Å². The third-order valence-corrected chi connectivity index (χ3v) is 18.8. The number of aromatic nitrogens is 4. The summed E-state index contributed by atoms with van der Waals surface area (Å²) in [5.74, 6) is 0.658. The van der Waals surface area contributed by atoms with Crippen LogP contribution in [0.2, 0.25) is 0 Å². The average Bonchev–Trinajstić information content (AvgIpc) is 2.53. The van der Waals surface area contributed by atoms with Crippen LogP contribution in [0.3, 0.4) is 0 Å². The van der Waals surface area contributed by atoms with Crippen LogP contribution in [-0.4, -0.2) is 19.9 Å². The molecule has 0 atom stereocenters. The molecule has 84 heavy (non-hydrogen) atoms. The molecule has 4 aliphatic carbocycles. The molecule has 0 bridgehead atoms. The first-order chi connectivity index (χ1) is 41.6. The Hall–Kier alpha value is -10.9. The highest BCUT2D eigenvalue weighted by molar-refractivity contribution is 6.06. The van der Waals surface area contributed by atoms with E-state index in [-0.39, 0.29) is 0 Å². The molecular weight excluding hydrogens is 1020 g/mol. The van der Waals surface area contributed by atoms with Crippen molar-refractivity contribution < 1.29 is 0 Å². The zero-order valence-electron chi connectivity index (χ0n) is 45.5. The van der Waals surface area contributed by atoms with Crippen LogP contribution in [-0.2, 0) is 10.8 Å². The van der Waals surface area contributed by atoms with Crippen molar-refractivity contribution in [1.29, 1.82) is 0 Å². The number of hydrogen-bond donors (Lipinski definition) is 0. The Morgan fingerprint density at radius 2 is 0.548 bits per heavy atom. The minimum absolute atomic E-state index is 0.501. The molecule has 0 fully saturated rings. The topological polar surface area (TPSA) is 51.6 Å². The van der Waals surface area contributed by atoms with Crippen molar-refractivity contribution in [3.05, 3.63) is 336 Å². The van der Waals surface area contributed by atoms with Gasteiger partial charge in [-0.1, -0.05) is 218 Å². The van der Waals surface area contributed by atoms with Crippen molar-refractivity contribution in [3.63, 3.8) is 0 Å². The zero-order valence-corrected chi connectivity index (χ0v) is 45.5. The lowest BCUT2D eigenvalue weighted by molar-refractivity contribution is 0.794. The van der Waals surface area contributed by atoms with Gasteiger partial charge in [0.2, 0.25) is 0 Å². The number of hydrogen-bond acceptors (Lipinski definition) is 4. The van der Waals surface area contributed by atoms with Crippen molar-refractivity contribution in [3.8, 4) is 112 Å². The van der Waals surface area contributed by atoms with Gasteiger partial charge in [-0.05, 0) is 176 Å². The lowest BCUT2D eigenvalue weighted by Crippen LogP contribution is -2.25. The first kappa shape index (κ1) is 46.8. The number of pyridine rings is 2. The Bertz CT molecular complexity index is 4940. The summed E-state index contributed by atoms with van der Waals surface area (Å²) in [5.41, 5.74) is 32.1. The van der Waals surface area contributed by atoms with Gasteiger partial charge in [0.05, 0.1) is 22.0 Å². The smallest absolute Gasteiger partial charge is 0.160 e. The Balaban J connectivity index is 0.920. The first-order valence-electron chi connectivity index (χ1n) is 28.9. The summed E-state index contributed by atoms with van der Waals surface area (Å²) < 4.78 is 0. The molecule has 0 saturated heterocycles. The van der Waals surface area contributed by atoms with Crippen LogP contribution in [0.5, 0.6) is 0 Å². The highest BCUT2D eigenvalue weighted by Gasteiger charge is 2.53. The van der Waals surface area contributed by atoms with E-state index in [0.717, 1.165) is 72.2 Å². The fourth-order valence-electron chi connectivity index (χ4n) is 15.2. The van der Waals surface area contributed by atoms with E-state index < -0.39 is 10.8 Å². The number of rotatable bonds is 6. The molecule has 18 rings (SSSR count). The average molecular weight is 1070 g/mol. The van der Waals surface area contributed by atoms with E-state index in [0.29, 0.717) is 5.82 Å². The van der Waals surface area contributed by atoms with Gasteiger partial charge in [-0.2, -0.15) is 0 Å². The van der Waals surface area contributed by atoms with E-state index >= 15 is 0 Å². The molecule has 4 nitrogen and oxygen atoms in total. The van der Waals surface area contributed by atoms with Gasteiger partial charge in [0.1, 0.15) is 0 Å². The summed E-state index contributed by atoms with van der Waals surface area (Å²) in [6.07, 6.45) is 7.38. The minimum Gasteiger partial charge on any atom is -0.265 e. The fourth-order valence-corrected chi connectivity index (χ4v) is 15.2. The predicted octanol–water partition coefficient (Wildman–Crippen LogP) is 19.1. The lowest BCUT2D eigenvalue weighted by Gasteiger charge is -2.31. The first-order valence-corrected chi connectivity index (χ1v) is 28.9.